The maximum Gasteiger partial charge on any atom is 0.407 e. The van der Waals surface area contributed by atoms with Crippen molar-refractivity contribution in [3.8, 4) is 11.1 Å². The lowest BCUT2D eigenvalue weighted by atomic mass is 9.98. The van der Waals surface area contributed by atoms with Crippen LogP contribution >= 0.6 is 0 Å². The van der Waals surface area contributed by atoms with Gasteiger partial charge in [-0.15, -0.1) is 0 Å². The zero-order chi connectivity index (χ0) is 22.7. The number of carboxylic acid groups (broad SMARTS) is 1. The van der Waals surface area contributed by atoms with Gasteiger partial charge in [-0.3, -0.25) is 10.1 Å². The van der Waals surface area contributed by atoms with E-state index in [9.17, 15) is 24.8 Å². The van der Waals surface area contributed by atoms with Crippen LogP contribution in [0, 0.1) is 10.1 Å². The van der Waals surface area contributed by atoms with Crippen molar-refractivity contribution in [2.45, 2.75) is 18.4 Å². The van der Waals surface area contributed by atoms with E-state index in [0.29, 0.717) is 5.56 Å². The van der Waals surface area contributed by atoms with Crippen LogP contribution in [0.3, 0.4) is 0 Å². The van der Waals surface area contributed by atoms with E-state index in [0.717, 1.165) is 22.3 Å². The van der Waals surface area contributed by atoms with Gasteiger partial charge in [0.2, 0.25) is 0 Å². The number of non-ortho nitro benzene ring substituents is 1. The van der Waals surface area contributed by atoms with Crippen LogP contribution in [-0.2, 0) is 16.0 Å². The van der Waals surface area contributed by atoms with Gasteiger partial charge in [0.15, 0.2) is 0 Å². The Morgan fingerprint density at radius 2 is 1.53 bits per heavy atom. The second-order valence-electron chi connectivity index (χ2n) is 7.49. The number of carbonyl (C=O) groups is 2. The number of nitrogens with one attached hydrogen (secondary N) is 1. The lowest BCUT2D eigenvalue weighted by molar-refractivity contribution is -0.384. The Hall–Kier alpha value is -4.20. The number of fused-ring (bicyclic) bond motifs is 3. The molecule has 162 valence electrons. The summed E-state index contributed by atoms with van der Waals surface area (Å²) < 4.78 is 5.41. The van der Waals surface area contributed by atoms with Crippen molar-refractivity contribution in [2.24, 2.45) is 0 Å². The number of hydrogen-bond donors (Lipinski definition) is 2. The van der Waals surface area contributed by atoms with Crippen LogP contribution < -0.4 is 5.32 Å². The van der Waals surface area contributed by atoms with Crippen molar-refractivity contribution in [3.63, 3.8) is 0 Å². The van der Waals surface area contributed by atoms with Gasteiger partial charge in [0, 0.05) is 24.5 Å². The second-order valence-corrected chi connectivity index (χ2v) is 7.49. The molecule has 0 saturated carbocycles. The molecule has 0 fully saturated rings. The van der Waals surface area contributed by atoms with Gasteiger partial charge >= 0.3 is 12.1 Å². The number of carbonyl (C=O) groups excluding carboxylic acids is 1. The fourth-order valence-electron chi connectivity index (χ4n) is 3.97. The number of nitro benzene ring substituents is 1. The molecule has 3 aromatic rings. The van der Waals surface area contributed by atoms with E-state index in [1.807, 2.05) is 48.5 Å². The first-order valence-corrected chi connectivity index (χ1v) is 10.0. The third-order valence-electron chi connectivity index (χ3n) is 5.52. The molecule has 8 heteroatoms. The molecule has 1 aliphatic rings. The van der Waals surface area contributed by atoms with E-state index >= 15 is 0 Å². The van der Waals surface area contributed by atoms with Crippen LogP contribution in [0.15, 0.2) is 72.8 Å². The first kappa shape index (κ1) is 21.0. The fourth-order valence-corrected chi connectivity index (χ4v) is 3.97. The quantitative estimate of drug-likeness (QED) is 0.428. The highest BCUT2D eigenvalue weighted by Gasteiger charge is 2.29. The van der Waals surface area contributed by atoms with E-state index in [1.54, 1.807) is 0 Å². The SMILES string of the molecule is O=C(N[C@@H](Cc1ccc([N+](=O)[O-])cc1)C(=O)O)OCC1c2ccccc2-c2ccccc21. The lowest BCUT2D eigenvalue weighted by Crippen LogP contribution is -2.42. The predicted molar refractivity (Wildman–Crippen MR) is 116 cm³/mol. The molecule has 0 aliphatic heterocycles. The third kappa shape index (κ3) is 4.29. The zero-order valence-corrected chi connectivity index (χ0v) is 16.9. The number of aliphatic carboxylic acids is 1. The minimum absolute atomic E-state index is 0.0302. The smallest absolute Gasteiger partial charge is 0.407 e. The molecule has 3 aromatic carbocycles. The maximum absolute atomic E-state index is 12.4. The highest BCUT2D eigenvalue weighted by molar-refractivity contribution is 5.81. The fraction of sp³-hybridized carbons (Fsp3) is 0.167. The summed E-state index contributed by atoms with van der Waals surface area (Å²) >= 11 is 0. The van der Waals surface area contributed by atoms with Crippen molar-refractivity contribution < 1.29 is 24.4 Å². The molecule has 0 heterocycles. The average Bonchev–Trinajstić information content (AvgIpc) is 3.11. The summed E-state index contributed by atoms with van der Waals surface area (Å²) in [5.41, 5.74) is 4.76. The van der Waals surface area contributed by atoms with E-state index < -0.39 is 23.0 Å². The summed E-state index contributed by atoms with van der Waals surface area (Å²) in [7, 11) is 0. The summed E-state index contributed by atoms with van der Waals surface area (Å²) in [6, 6.07) is 20.1. The summed E-state index contributed by atoms with van der Waals surface area (Å²) in [5.74, 6) is -1.36. The first-order valence-electron chi connectivity index (χ1n) is 10.0. The standard InChI is InChI=1S/C24H20N2O6/c27-23(28)22(13-15-9-11-16(12-10-15)26(30)31)25-24(29)32-14-21-19-7-3-1-5-17(19)18-6-2-4-8-20(18)21/h1-12,21-22H,13-14H2,(H,25,29)(H,27,28)/t22-/m0/s1. The zero-order valence-electron chi connectivity index (χ0n) is 16.9. The molecule has 1 aliphatic carbocycles. The highest BCUT2D eigenvalue weighted by Crippen LogP contribution is 2.44. The number of benzene rings is 3. The maximum atomic E-state index is 12.4. The van der Waals surface area contributed by atoms with Gasteiger partial charge in [-0.05, 0) is 27.8 Å². The molecule has 32 heavy (non-hydrogen) atoms. The van der Waals surface area contributed by atoms with Crippen LogP contribution in [0.4, 0.5) is 10.5 Å². The lowest BCUT2D eigenvalue weighted by Gasteiger charge is -2.17. The Morgan fingerprint density at radius 3 is 2.06 bits per heavy atom. The minimum Gasteiger partial charge on any atom is -0.480 e. The molecule has 1 atom stereocenters. The van der Waals surface area contributed by atoms with E-state index in [-0.39, 0.29) is 24.6 Å². The molecule has 0 radical (unpaired) electrons. The van der Waals surface area contributed by atoms with E-state index in [2.05, 4.69) is 5.32 Å². The number of carboxylic acids is 1. The Balaban J connectivity index is 1.41. The first-order chi connectivity index (χ1) is 15.4. The average molecular weight is 432 g/mol. The van der Waals surface area contributed by atoms with Crippen LogP contribution in [0.2, 0.25) is 0 Å². The molecule has 1 amide bonds. The van der Waals surface area contributed by atoms with E-state index in [1.165, 1.54) is 24.3 Å². The number of hydrogen-bond acceptors (Lipinski definition) is 5. The Bertz CT molecular complexity index is 1130. The molecule has 0 saturated heterocycles. The number of ether oxygens (including phenoxy) is 1. The molecular weight excluding hydrogens is 412 g/mol. The Morgan fingerprint density at radius 1 is 0.969 bits per heavy atom. The van der Waals surface area contributed by atoms with Crippen molar-refractivity contribution in [1.29, 1.82) is 0 Å². The molecule has 0 aromatic heterocycles. The van der Waals surface area contributed by atoms with Crippen LogP contribution in [0.25, 0.3) is 11.1 Å². The van der Waals surface area contributed by atoms with Crippen molar-refractivity contribution in [1.82, 2.24) is 5.32 Å². The third-order valence-corrected chi connectivity index (χ3v) is 5.52. The molecule has 8 nitrogen and oxygen atoms in total. The number of nitro groups is 1. The number of nitrogens with zero attached hydrogens (tertiary/aromatic N) is 1. The van der Waals surface area contributed by atoms with Crippen molar-refractivity contribution in [2.75, 3.05) is 6.61 Å². The molecule has 0 unspecified atom stereocenters. The predicted octanol–water partition coefficient (Wildman–Crippen LogP) is 4.13. The van der Waals surface area contributed by atoms with Gasteiger partial charge < -0.3 is 15.2 Å². The van der Waals surface area contributed by atoms with Gasteiger partial charge in [0.05, 0.1) is 4.92 Å². The van der Waals surface area contributed by atoms with Gasteiger partial charge in [0.1, 0.15) is 12.6 Å². The summed E-state index contributed by atoms with van der Waals surface area (Å²) in [6.45, 7) is 0.0731. The molecule has 4 rings (SSSR count). The Kier molecular flexibility index (Phi) is 5.85. The van der Waals surface area contributed by atoms with Gasteiger partial charge in [-0.25, -0.2) is 9.59 Å². The largest absolute Gasteiger partial charge is 0.480 e. The topological polar surface area (TPSA) is 119 Å². The van der Waals surface area contributed by atoms with Crippen LogP contribution in [0.5, 0.6) is 0 Å². The highest BCUT2D eigenvalue weighted by atomic mass is 16.6. The normalized spacial score (nSPS) is 13.0. The number of amides is 1. The summed E-state index contributed by atoms with van der Waals surface area (Å²) in [6.07, 6.45) is -0.862. The summed E-state index contributed by atoms with van der Waals surface area (Å²) in [4.78, 5) is 34.2. The van der Waals surface area contributed by atoms with Crippen LogP contribution in [-0.4, -0.2) is 34.7 Å². The monoisotopic (exact) mass is 432 g/mol. The van der Waals surface area contributed by atoms with Crippen LogP contribution in [0.1, 0.15) is 22.6 Å². The number of alkyl carbamates (subject to hydrolysis) is 1. The van der Waals surface area contributed by atoms with Gasteiger partial charge in [0.25, 0.3) is 5.69 Å². The molecule has 0 spiro atoms. The molecular formula is C24H20N2O6. The van der Waals surface area contributed by atoms with Crippen molar-refractivity contribution in [3.05, 3.63) is 99.6 Å². The molecule has 0 bridgehead atoms. The van der Waals surface area contributed by atoms with E-state index in [4.69, 9.17) is 4.74 Å². The van der Waals surface area contributed by atoms with Gasteiger partial charge in [-0.2, -0.15) is 0 Å². The molecule has 2 N–H and O–H groups in total. The second kappa shape index (κ2) is 8.89. The van der Waals surface area contributed by atoms with Crippen molar-refractivity contribution >= 4 is 17.7 Å². The Labute approximate surface area is 183 Å². The summed E-state index contributed by atoms with van der Waals surface area (Å²) in [5, 5.41) is 22.6. The number of rotatable bonds is 7. The minimum atomic E-state index is -1.23. The van der Waals surface area contributed by atoms with Gasteiger partial charge in [-0.1, -0.05) is 60.7 Å².